The van der Waals surface area contributed by atoms with Crippen LogP contribution in [0.3, 0.4) is 0 Å². The predicted molar refractivity (Wildman–Crippen MR) is 84.6 cm³/mol. The van der Waals surface area contributed by atoms with Crippen LogP contribution in [0, 0.1) is 12.7 Å². The van der Waals surface area contributed by atoms with Crippen molar-refractivity contribution in [1.29, 1.82) is 0 Å². The Morgan fingerprint density at radius 2 is 1.81 bits per heavy atom. The fourth-order valence-corrected chi connectivity index (χ4v) is 2.02. The van der Waals surface area contributed by atoms with Gasteiger partial charge in [-0.3, -0.25) is 0 Å². The van der Waals surface area contributed by atoms with E-state index in [9.17, 15) is 4.39 Å². The smallest absolute Gasteiger partial charge is 0.136 e. The molecule has 0 fully saturated rings. The Morgan fingerprint density at radius 3 is 2.48 bits per heavy atom. The lowest BCUT2D eigenvalue weighted by Gasteiger charge is -2.11. The van der Waals surface area contributed by atoms with Gasteiger partial charge in [-0.1, -0.05) is 13.8 Å². The summed E-state index contributed by atoms with van der Waals surface area (Å²) in [6.07, 6.45) is 1.77. The highest BCUT2D eigenvalue weighted by atomic mass is 19.1. The van der Waals surface area contributed by atoms with Crippen LogP contribution in [0.2, 0.25) is 0 Å². The molecule has 1 heterocycles. The van der Waals surface area contributed by atoms with Gasteiger partial charge in [-0.2, -0.15) is 0 Å². The minimum absolute atomic E-state index is 0.258. The van der Waals surface area contributed by atoms with E-state index in [0.29, 0.717) is 11.5 Å². The van der Waals surface area contributed by atoms with E-state index < -0.39 is 0 Å². The quantitative estimate of drug-likeness (QED) is 0.842. The maximum absolute atomic E-state index is 13.4. The molecule has 0 aliphatic rings. The zero-order valence-corrected chi connectivity index (χ0v) is 12.7. The van der Waals surface area contributed by atoms with E-state index in [-0.39, 0.29) is 5.82 Å². The van der Waals surface area contributed by atoms with Crippen LogP contribution in [0.1, 0.15) is 31.7 Å². The van der Waals surface area contributed by atoms with Gasteiger partial charge in [-0.15, -0.1) is 0 Å². The van der Waals surface area contributed by atoms with Gasteiger partial charge in [0, 0.05) is 24.7 Å². The number of hydrogen-bond donors (Lipinski definition) is 2. The second kappa shape index (κ2) is 7.02. The summed E-state index contributed by atoms with van der Waals surface area (Å²) < 4.78 is 13.4. The second-order valence-electron chi connectivity index (χ2n) is 4.98. The molecule has 1 aromatic heterocycles. The number of aryl methyl sites for hydroxylation is 2. The summed E-state index contributed by atoms with van der Waals surface area (Å²) in [6, 6.07) is 6.68. The van der Waals surface area contributed by atoms with E-state index in [1.165, 1.54) is 12.1 Å². The molecule has 0 radical (unpaired) electrons. The van der Waals surface area contributed by atoms with Gasteiger partial charge in [0.1, 0.15) is 23.3 Å². The van der Waals surface area contributed by atoms with Gasteiger partial charge < -0.3 is 10.6 Å². The summed E-state index contributed by atoms with van der Waals surface area (Å²) >= 11 is 0. The molecule has 0 atom stereocenters. The van der Waals surface area contributed by atoms with Crippen LogP contribution in [-0.4, -0.2) is 16.5 Å². The molecule has 0 amide bonds. The van der Waals surface area contributed by atoms with Gasteiger partial charge in [0.15, 0.2) is 0 Å². The maximum atomic E-state index is 13.4. The first kappa shape index (κ1) is 15.2. The number of nitrogens with one attached hydrogen (secondary N) is 2. The summed E-state index contributed by atoms with van der Waals surface area (Å²) in [5, 5.41) is 6.40. The van der Waals surface area contributed by atoms with Crippen molar-refractivity contribution in [1.82, 2.24) is 9.97 Å². The monoisotopic (exact) mass is 288 g/mol. The third kappa shape index (κ3) is 4.41. The molecule has 0 unspecified atom stereocenters. The minimum Gasteiger partial charge on any atom is -0.370 e. The van der Waals surface area contributed by atoms with E-state index in [4.69, 9.17) is 0 Å². The van der Waals surface area contributed by atoms with E-state index in [1.807, 2.05) is 26.0 Å². The first-order valence-electron chi connectivity index (χ1n) is 7.26. The van der Waals surface area contributed by atoms with Crippen molar-refractivity contribution >= 4 is 17.3 Å². The lowest BCUT2D eigenvalue weighted by atomic mass is 10.2. The number of benzene rings is 1. The zero-order valence-electron chi connectivity index (χ0n) is 12.7. The number of anilines is 3. The van der Waals surface area contributed by atoms with Gasteiger partial charge in [0.25, 0.3) is 0 Å². The average Bonchev–Trinajstić information content (AvgIpc) is 2.43. The van der Waals surface area contributed by atoms with E-state index in [0.717, 1.165) is 36.6 Å². The lowest BCUT2D eigenvalue weighted by Crippen LogP contribution is -2.07. The van der Waals surface area contributed by atoms with Crippen molar-refractivity contribution in [3.63, 3.8) is 0 Å². The molecule has 0 bridgehead atoms. The minimum atomic E-state index is -0.258. The van der Waals surface area contributed by atoms with Gasteiger partial charge in [0.2, 0.25) is 0 Å². The first-order chi connectivity index (χ1) is 10.1. The summed E-state index contributed by atoms with van der Waals surface area (Å²) in [4.78, 5) is 8.86. The molecule has 112 valence electrons. The fraction of sp³-hybridized carbons (Fsp3) is 0.375. The molecule has 2 aromatic rings. The maximum Gasteiger partial charge on any atom is 0.136 e. The summed E-state index contributed by atoms with van der Waals surface area (Å²) in [5.41, 5.74) is 1.56. The Morgan fingerprint density at radius 1 is 1.05 bits per heavy atom. The van der Waals surface area contributed by atoms with Gasteiger partial charge in [-0.05, 0) is 37.1 Å². The molecule has 2 rings (SSSR count). The fourth-order valence-electron chi connectivity index (χ4n) is 2.02. The normalized spacial score (nSPS) is 10.5. The third-order valence-electron chi connectivity index (χ3n) is 2.96. The molecule has 0 aliphatic heterocycles. The molecule has 21 heavy (non-hydrogen) atoms. The molecule has 0 aliphatic carbocycles. The van der Waals surface area contributed by atoms with Crippen LogP contribution in [0.5, 0.6) is 0 Å². The lowest BCUT2D eigenvalue weighted by molar-refractivity contribution is 0.627. The predicted octanol–water partition coefficient (Wildman–Crippen LogP) is 4.05. The SMILES string of the molecule is CCCNc1cc(Nc2cc(C)cc(F)c2)nc(CC)n1. The zero-order chi connectivity index (χ0) is 15.2. The topological polar surface area (TPSA) is 49.8 Å². The average molecular weight is 288 g/mol. The Hall–Kier alpha value is -2.17. The van der Waals surface area contributed by atoms with Gasteiger partial charge in [0.05, 0.1) is 0 Å². The van der Waals surface area contributed by atoms with Crippen molar-refractivity contribution in [2.75, 3.05) is 17.2 Å². The van der Waals surface area contributed by atoms with Crippen molar-refractivity contribution in [2.45, 2.75) is 33.6 Å². The van der Waals surface area contributed by atoms with Crippen LogP contribution in [0.4, 0.5) is 21.7 Å². The molecule has 1 aromatic carbocycles. The van der Waals surface area contributed by atoms with Crippen molar-refractivity contribution < 1.29 is 4.39 Å². The number of nitrogens with zero attached hydrogens (tertiary/aromatic N) is 2. The number of rotatable bonds is 6. The highest BCUT2D eigenvalue weighted by Crippen LogP contribution is 2.20. The molecular weight excluding hydrogens is 267 g/mol. The van der Waals surface area contributed by atoms with Crippen molar-refractivity contribution in [3.8, 4) is 0 Å². The summed E-state index contributed by atoms with van der Waals surface area (Å²) in [7, 11) is 0. The van der Waals surface area contributed by atoms with Crippen LogP contribution in [0.15, 0.2) is 24.3 Å². The van der Waals surface area contributed by atoms with Crippen LogP contribution in [-0.2, 0) is 6.42 Å². The third-order valence-corrected chi connectivity index (χ3v) is 2.96. The Labute approximate surface area is 124 Å². The second-order valence-corrected chi connectivity index (χ2v) is 4.98. The van der Waals surface area contributed by atoms with Crippen LogP contribution < -0.4 is 10.6 Å². The molecule has 4 nitrogen and oxygen atoms in total. The molecule has 0 saturated carbocycles. The molecule has 5 heteroatoms. The summed E-state index contributed by atoms with van der Waals surface area (Å²) in [6.45, 7) is 6.83. The standard InChI is InChI=1S/C16H21FN4/c1-4-6-18-15-10-16(21-14(5-2)20-15)19-13-8-11(3)7-12(17)9-13/h7-10H,4-6H2,1-3H3,(H2,18,19,20,21). The number of aromatic nitrogens is 2. The Bertz CT molecular complexity index is 593. The van der Waals surface area contributed by atoms with Gasteiger partial charge in [-0.25, -0.2) is 14.4 Å². The van der Waals surface area contributed by atoms with E-state index in [2.05, 4.69) is 27.5 Å². The molecule has 2 N–H and O–H groups in total. The van der Waals surface area contributed by atoms with Crippen molar-refractivity contribution in [2.24, 2.45) is 0 Å². The van der Waals surface area contributed by atoms with Crippen molar-refractivity contribution in [3.05, 3.63) is 41.5 Å². The first-order valence-corrected chi connectivity index (χ1v) is 7.26. The molecular formula is C16H21FN4. The van der Waals surface area contributed by atoms with Gasteiger partial charge >= 0.3 is 0 Å². The highest BCUT2D eigenvalue weighted by molar-refractivity contribution is 5.60. The Kier molecular flexibility index (Phi) is 5.09. The number of halogens is 1. The van der Waals surface area contributed by atoms with Crippen LogP contribution >= 0.6 is 0 Å². The number of hydrogen-bond acceptors (Lipinski definition) is 4. The molecule has 0 saturated heterocycles. The Balaban J connectivity index is 2.25. The molecule has 0 spiro atoms. The highest BCUT2D eigenvalue weighted by Gasteiger charge is 2.05. The summed E-state index contributed by atoms with van der Waals surface area (Å²) in [5.74, 6) is 1.96. The van der Waals surface area contributed by atoms with Crippen LogP contribution in [0.25, 0.3) is 0 Å². The largest absolute Gasteiger partial charge is 0.370 e. The van der Waals surface area contributed by atoms with E-state index in [1.54, 1.807) is 0 Å². The van der Waals surface area contributed by atoms with E-state index >= 15 is 0 Å².